The van der Waals surface area contributed by atoms with E-state index in [0.29, 0.717) is 17.1 Å². The van der Waals surface area contributed by atoms with Crippen molar-refractivity contribution >= 4 is 17.6 Å². The van der Waals surface area contributed by atoms with Crippen LogP contribution in [0.4, 0.5) is 0 Å². The second-order valence-electron chi connectivity index (χ2n) is 2.39. The molecule has 0 atom stereocenters. The minimum atomic E-state index is -0.958. The molecule has 1 N–H and O–H groups in total. The first kappa shape index (κ1) is 6.61. The lowest BCUT2D eigenvalue weighted by atomic mass is 10.0. The Balaban J connectivity index is 2.61. The quantitative estimate of drug-likeness (QED) is 0.701. The SMILES string of the molecule is O=C(O)c1cc(Cl)c2nc1C2. The van der Waals surface area contributed by atoms with E-state index in [2.05, 4.69) is 4.98 Å². The maximum atomic E-state index is 10.5. The smallest absolute Gasteiger partial charge is 0.337 e. The van der Waals surface area contributed by atoms with Gasteiger partial charge in [0, 0.05) is 6.42 Å². The Bertz CT molecular complexity index is 349. The van der Waals surface area contributed by atoms with Gasteiger partial charge in [-0.15, -0.1) is 0 Å². The average molecular weight is 170 g/mol. The maximum Gasteiger partial charge on any atom is 0.337 e. The van der Waals surface area contributed by atoms with E-state index in [1.165, 1.54) is 6.07 Å². The zero-order chi connectivity index (χ0) is 8.01. The van der Waals surface area contributed by atoms with Crippen molar-refractivity contribution in [3.63, 3.8) is 0 Å². The molecule has 0 saturated heterocycles. The van der Waals surface area contributed by atoms with E-state index in [4.69, 9.17) is 16.7 Å². The number of carboxylic acid groups (broad SMARTS) is 1. The molecule has 2 aliphatic rings. The van der Waals surface area contributed by atoms with Gasteiger partial charge in [0.1, 0.15) is 0 Å². The number of carbonyl (C=O) groups is 1. The van der Waals surface area contributed by atoms with E-state index in [1.807, 2.05) is 0 Å². The number of carboxylic acids is 1. The molecule has 0 fully saturated rings. The van der Waals surface area contributed by atoms with Gasteiger partial charge in [-0.05, 0) is 6.07 Å². The number of pyridine rings is 1. The number of hydrogen-bond donors (Lipinski definition) is 1. The molecule has 0 aromatic carbocycles. The Hall–Kier alpha value is -1.09. The van der Waals surface area contributed by atoms with Gasteiger partial charge in [0.05, 0.1) is 22.0 Å². The molecule has 2 bridgehead atoms. The van der Waals surface area contributed by atoms with Crippen LogP contribution in [0.25, 0.3) is 0 Å². The molecule has 0 saturated carbocycles. The Labute approximate surface area is 67.6 Å². The standard InChI is InChI=1S/C7H4ClNO2/c8-4-1-3(7(10)11)5-2-6(4)9-5/h1H,2H2,(H,10,11). The first-order chi connectivity index (χ1) is 5.18. The van der Waals surface area contributed by atoms with Gasteiger partial charge in [-0.2, -0.15) is 0 Å². The van der Waals surface area contributed by atoms with Gasteiger partial charge in [-0.25, -0.2) is 4.79 Å². The zero-order valence-corrected chi connectivity index (χ0v) is 6.22. The zero-order valence-electron chi connectivity index (χ0n) is 5.47. The number of aromatic nitrogens is 1. The summed E-state index contributed by atoms with van der Waals surface area (Å²) in [6, 6.07) is 1.45. The minimum Gasteiger partial charge on any atom is -0.478 e. The van der Waals surface area contributed by atoms with Gasteiger partial charge >= 0.3 is 5.97 Å². The normalized spacial score (nSPS) is 12.5. The van der Waals surface area contributed by atoms with E-state index >= 15 is 0 Å². The van der Waals surface area contributed by atoms with Crippen molar-refractivity contribution in [3.8, 4) is 0 Å². The Morgan fingerprint density at radius 2 is 2.27 bits per heavy atom. The fourth-order valence-corrected chi connectivity index (χ4v) is 1.30. The predicted octanol–water partition coefficient (Wildman–Crippen LogP) is 1.34. The molecule has 0 radical (unpaired) electrons. The number of rotatable bonds is 1. The highest BCUT2D eigenvalue weighted by molar-refractivity contribution is 6.31. The summed E-state index contributed by atoms with van der Waals surface area (Å²) in [5.74, 6) is -0.958. The molecule has 3 rings (SSSR count). The van der Waals surface area contributed by atoms with E-state index < -0.39 is 5.97 Å². The monoisotopic (exact) mass is 169 g/mol. The second kappa shape index (κ2) is 1.95. The van der Waals surface area contributed by atoms with Gasteiger partial charge in [0.2, 0.25) is 0 Å². The number of aromatic carboxylic acids is 1. The summed E-state index contributed by atoms with van der Waals surface area (Å²) in [5, 5.41) is 9.08. The second-order valence-corrected chi connectivity index (χ2v) is 2.80. The molecular weight excluding hydrogens is 166 g/mol. The van der Waals surface area contributed by atoms with Crippen LogP contribution in [0.2, 0.25) is 5.02 Å². The van der Waals surface area contributed by atoms with Crippen LogP contribution in [0.1, 0.15) is 21.7 Å². The molecule has 3 nitrogen and oxygen atoms in total. The van der Waals surface area contributed by atoms with E-state index in [-0.39, 0.29) is 5.56 Å². The maximum absolute atomic E-state index is 10.5. The summed E-state index contributed by atoms with van der Waals surface area (Å²) >= 11 is 5.68. The summed E-state index contributed by atoms with van der Waals surface area (Å²) in [5.41, 5.74) is 1.66. The number of nitrogens with zero attached hydrogens (tertiary/aromatic N) is 1. The van der Waals surface area contributed by atoms with Crippen molar-refractivity contribution in [3.05, 3.63) is 28.0 Å². The largest absolute Gasteiger partial charge is 0.478 e. The molecular formula is C7H4ClNO2. The van der Waals surface area contributed by atoms with Crippen LogP contribution in [-0.4, -0.2) is 16.1 Å². The first-order valence-electron chi connectivity index (χ1n) is 3.10. The van der Waals surface area contributed by atoms with Crippen molar-refractivity contribution < 1.29 is 9.90 Å². The summed E-state index contributed by atoms with van der Waals surface area (Å²) in [7, 11) is 0. The van der Waals surface area contributed by atoms with Crippen LogP contribution in [0, 0.1) is 0 Å². The Morgan fingerprint density at radius 3 is 2.64 bits per heavy atom. The molecule has 0 amide bonds. The van der Waals surface area contributed by atoms with Crippen molar-refractivity contribution in [2.75, 3.05) is 0 Å². The van der Waals surface area contributed by atoms with E-state index in [1.54, 1.807) is 0 Å². The third kappa shape index (κ3) is 0.811. The third-order valence-corrected chi connectivity index (χ3v) is 2.02. The summed E-state index contributed by atoms with van der Waals surface area (Å²) in [4.78, 5) is 14.4. The topological polar surface area (TPSA) is 50.2 Å². The molecule has 2 heterocycles. The number of fused-ring (bicyclic) bond motifs is 2. The highest BCUT2D eigenvalue weighted by Gasteiger charge is 2.23. The summed E-state index contributed by atoms with van der Waals surface area (Å²) in [6.07, 6.45) is 0.608. The van der Waals surface area contributed by atoms with Crippen molar-refractivity contribution in [2.45, 2.75) is 6.42 Å². The molecule has 11 heavy (non-hydrogen) atoms. The fraction of sp³-hybridized carbons (Fsp3) is 0.143. The van der Waals surface area contributed by atoms with Crippen LogP contribution in [-0.2, 0) is 6.42 Å². The van der Waals surface area contributed by atoms with Crippen molar-refractivity contribution in [2.24, 2.45) is 0 Å². The third-order valence-electron chi connectivity index (χ3n) is 1.69. The van der Waals surface area contributed by atoms with Crippen LogP contribution in [0.15, 0.2) is 6.07 Å². The highest BCUT2D eigenvalue weighted by atomic mass is 35.5. The van der Waals surface area contributed by atoms with Crippen LogP contribution in [0.3, 0.4) is 0 Å². The van der Waals surface area contributed by atoms with Gasteiger partial charge < -0.3 is 5.11 Å². The summed E-state index contributed by atoms with van der Waals surface area (Å²) in [6.45, 7) is 0. The molecule has 1 aromatic rings. The van der Waals surface area contributed by atoms with E-state index in [0.717, 1.165) is 5.69 Å². The van der Waals surface area contributed by atoms with Crippen LogP contribution >= 0.6 is 11.6 Å². The predicted molar refractivity (Wildman–Crippen MR) is 39.0 cm³/mol. The van der Waals surface area contributed by atoms with Gasteiger partial charge in [-0.1, -0.05) is 11.6 Å². The van der Waals surface area contributed by atoms with Crippen molar-refractivity contribution in [1.82, 2.24) is 4.98 Å². The molecule has 4 heteroatoms. The Morgan fingerprint density at radius 1 is 1.64 bits per heavy atom. The van der Waals surface area contributed by atoms with Crippen molar-refractivity contribution in [1.29, 1.82) is 0 Å². The molecule has 56 valence electrons. The summed E-state index contributed by atoms with van der Waals surface area (Å²) < 4.78 is 0. The first-order valence-corrected chi connectivity index (χ1v) is 3.48. The lowest BCUT2D eigenvalue weighted by Crippen LogP contribution is -2.16. The van der Waals surface area contributed by atoms with Gasteiger partial charge in [0.25, 0.3) is 0 Å². The molecule has 1 aliphatic carbocycles. The Kier molecular flexibility index (Phi) is 1.17. The molecule has 0 unspecified atom stereocenters. The average Bonchev–Trinajstić information content (AvgIpc) is 1.83. The van der Waals surface area contributed by atoms with Crippen LogP contribution < -0.4 is 0 Å². The fourth-order valence-electron chi connectivity index (χ4n) is 1.08. The van der Waals surface area contributed by atoms with Gasteiger partial charge in [-0.3, -0.25) is 4.98 Å². The highest BCUT2D eigenvalue weighted by Crippen LogP contribution is 2.28. The van der Waals surface area contributed by atoms with Crippen LogP contribution in [0.5, 0.6) is 0 Å². The number of hydrogen-bond acceptors (Lipinski definition) is 2. The molecule has 0 spiro atoms. The molecule has 1 aromatic heterocycles. The lowest BCUT2D eigenvalue weighted by Gasteiger charge is -2.16. The van der Waals surface area contributed by atoms with E-state index in [9.17, 15) is 4.79 Å². The minimum absolute atomic E-state index is 0.227. The lowest BCUT2D eigenvalue weighted by molar-refractivity contribution is 0.0694. The van der Waals surface area contributed by atoms with Gasteiger partial charge in [0.15, 0.2) is 0 Å². The number of halogens is 1. The molecule has 1 aliphatic heterocycles.